The molecule has 1 fully saturated rings. The Morgan fingerprint density at radius 2 is 1.20 bits per heavy atom. The number of carbonyl (C=O) groups is 3. The molecule has 0 spiro atoms. The van der Waals surface area contributed by atoms with E-state index in [9.17, 15) is 31.1 Å². The van der Waals surface area contributed by atoms with Crippen LogP contribution in [-0.4, -0.2) is 70.1 Å². The molecule has 1 aliphatic rings. The average molecular weight is 447 g/mol. The standard InChI is InChI=1S/C13H17NO2.2C2HF3O2/c15-13(16)10-14-8-6-12(7-9-14)11-4-2-1-3-5-11;2*3-2(4,5)1(6)7/h1-5,12H,6-10H2,(H,15,16);2*(H,6,7). The van der Waals surface area contributed by atoms with Gasteiger partial charge in [0.05, 0.1) is 6.54 Å². The summed E-state index contributed by atoms with van der Waals surface area (Å²) >= 11 is 0. The second-order valence-corrected chi connectivity index (χ2v) is 5.96. The topological polar surface area (TPSA) is 115 Å². The number of piperidine rings is 1. The highest BCUT2D eigenvalue weighted by molar-refractivity contribution is 5.73. The van der Waals surface area contributed by atoms with E-state index in [1.54, 1.807) is 0 Å². The SMILES string of the molecule is O=C(O)C(F)(F)F.O=C(O)C(F)(F)F.O=C(O)CN1CCC(c2ccccc2)CC1. The van der Waals surface area contributed by atoms with Gasteiger partial charge in [-0.15, -0.1) is 0 Å². The molecule has 1 aliphatic heterocycles. The van der Waals surface area contributed by atoms with E-state index in [0.717, 1.165) is 25.9 Å². The van der Waals surface area contributed by atoms with Crippen molar-refractivity contribution in [3.8, 4) is 0 Å². The number of nitrogens with zero attached hydrogens (tertiary/aromatic N) is 1. The molecule has 0 bridgehead atoms. The fourth-order valence-corrected chi connectivity index (χ4v) is 2.34. The lowest BCUT2D eigenvalue weighted by Gasteiger charge is -2.30. The molecule has 1 heterocycles. The first-order valence-corrected chi connectivity index (χ1v) is 8.24. The Bertz CT molecular complexity index is 660. The summed E-state index contributed by atoms with van der Waals surface area (Å²) in [5.74, 6) is -5.63. The third-order valence-corrected chi connectivity index (χ3v) is 3.70. The molecule has 0 unspecified atom stereocenters. The summed E-state index contributed by atoms with van der Waals surface area (Å²) in [4.78, 5) is 30.4. The first-order chi connectivity index (χ1) is 13.6. The highest BCUT2D eigenvalue weighted by atomic mass is 19.4. The maximum Gasteiger partial charge on any atom is 0.490 e. The molecule has 1 aromatic rings. The van der Waals surface area contributed by atoms with Crippen molar-refractivity contribution in [3.05, 3.63) is 35.9 Å². The number of benzene rings is 1. The molecule has 30 heavy (non-hydrogen) atoms. The number of carboxylic acids is 3. The van der Waals surface area contributed by atoms with Crippen LogP contribution in [0.15, 0.2) is 30.3 Å². The van der Waals surface area contributed by atoms with E-state index in [1.165, 1.54) is 5.56 Å². The first kappa shape index (κ1) is 27.2. The number of hydrogen-bond acceptors (Lipinski definition) is 4. The van der Waals surface area contributed by atoms with Crippen LogP contribution in [0.2, 0.25) is 0 Å². The van der Waals surface area contributed by atoms with Crippen LogP contribution in [0.25, 0.3) is 0 Å². The number of rotatable bonds is 3. The minimum atomic E-state index is -5.08. The molecule has 13 heteroatoms. The predicted octanol–water partition coefficient (Wildman–Crippen LogP) is 3.22. The second kappa shape index (κ2) is 12.0. The molecule has 0 atom stereocenters. The van der Waals surface area contributed by atoms with E-state index in [0.29, 0.717) is 5.92 Å². The normalized spacial score (nSPS) is 15.1. The summed E-state index contributed by atoms with van der Waals surface area (Å²) in [6.45, 7) is 1.97. The van der Waals surface area contributed by atoms with Crippen molar-refractivity contribution in [2.75, 3.05) is 19.6 Å². The molecule has 0 radical (unpaired) electrons. The number of likely N-dealkylation sites (tertiary alicyclic amines) is 1. The van der Waals surface area contributed by atoms with E-state index in [2.05, 4.69) is 24.3 Å². The lowest BCUT2D eigenvalue weighted by molar-refractivity contribution is -0.193. The monoisotopic (exact) mass is 447 g/mol. The molecular weight excluding hydrogens is 428 g/mol. The van der Waals surface area contributed by atoms with E-state index in [-0.39, 0.29) is 6.54 Å². The molecule has 0 aliphatic carbocycles. The van der Waals surface area contributed by atoms with Gasteiger partial charge in [0.25, 0.3) is 0 Å². The quantitative estimate of drug-likeness (QED) is 0.610. The zero-order valence-corrected chi connectivity index (χ0v) is 15.3. The summed E-state index contributed by atoms with van der Waals surface area (Å²) in [7, 11) is 0. The minimum absolute atomic E-state index is 0.182. The second-order valence-electron chi connectivity index (χ2n) is 5.96. The Balaban J connectivity index is 0.000000503. The summed E-state index contributed by atoms with van der Waals surface area (Å²) in [5.41, 5.74) is 1.39. The molecular formula is C17H19F6NO6. The van der Waals surface area contributed by atoms with Crippen molar-refractivity contribution in [2.45, 2.75) is 31.1 Å². The lowest BCUT2D eigenvalue weighted by atomic mass is 9.89. The largest absolute Gasteiger partial charge is 0.490 e. The van der Waals surface area contributed by atoms with E-state index < -0.39 is 30.3 Å². The molecule has 0 aromatic heterocycles. The van der Waals surface area contributed by atoms with Crippen LogP contribution in [0.5, 0.6) is 0 Å². The summed E-state index contributed by atoms with van der Waals surface area (Å²) < 4.78 is 63.5. The summed E-state index contributed by atoms with van der Waals surface area (Å²) in [5, 5.41) is 23.0. The molecule has 0 saturated carbocycles. The van der Waals surface area contributed by atoms with Crippen molar-refractivity contribution in [3.63, 3.8) is 0 Å². The molecule has 0 amide bonds. The maximum absolute atomic E-state index is 10.6. The zero-order valence-electron chi connectivity index (χ0n) is 15.3. The van der Waals surface area contributed by atoms with Crippen molar-refractivity contribution < 1.29 is 56.0 Å². The van der Waals surface area contributed by atoms with E-state index in [4.69, 9.17) is 24.9 Å². The Kier molecular flexibility index (Phi) is 10.9. The van der Waals surface area contributed by atoms with Gasteiger partial charge in [-0.2, -0.15) is 26.3 Å². The third kappa shape index (κ3) is 11.9. The van der Waals surface area contributed by atoms with E-state index >= 15 is 0 Å². The maximum atomic E-state index is 10.6. The Morgan fingerprint density at radius 3 is 1.50 bits per heavy atom. The van der Waals surface area contributed by atoms with Gasteiger partial charge in [0.1, 0.15) is 0 Å². The first-order valence-electron chi connectivity index (χ1n) is 8.24. The molecule has 2 rings (SSSR count). The highest BCUT2D eigenvalue weighted by Gasteiger charge is 2.38. The van der Waals surface area contributed by atoms with Gasteiger partial charge in [0, 0.05) is 0 Å². The van der Waals surface area contributed by atoms with Crippen LogP contribution < -0.4 is 0 Å². The van der Waals surface area contributed by atoms with Crippen LogP contribution >= 0.6 is 0 Å². The van der Waals surface area contributed by atoms with Gasteiger partial charge in [-0.25, -0.2) is 9.59 Å². The Morgan fingerprint density at radius 1 is 0.833 bits per heavy atom. The average Bonchev–Trinajstić information content (AvgIpc) is 2.62. The molecule has 3 N–H and O–H groups in total. The van der Waals surface area contributed by atoms with Gasteiger partial charge in [0.15, 0.2) is 0 Å². The Hall–Kier alpha value is -2.83. The van der Waals surface area contributed by atoms with Crippen molar-refractivity contribution in [1.82, 2.24) is 4.90 Å². The van der Waals surface area contributed by atoms with Crippen LogP contribution in [0, 0.1) is 0 Å². The van der Waals surface area contributed by atoms with Gasteiger partial charge in [-0.05, 0) is 37.4 Å². The van der Waals surface area contributed by atoms with Gasteiger partial charge in [-0.3, -0.25) is 9.69 Å². The van der Waals surface area contributed by atoms with Crippen LogP contribution in [0.3, 0.4) is 0 Å². The van der Waals surface area contributed by atoms with E-state index in [1.807, 2.05) is 11.0 Å². The zero-order chi connectivity index (χ0) is 23.5. The van der Waals surface area contributed by atoms with Gasteiger partial charge in [0.2, 0.25) is 0 Å². The van der Waals surface area contributed by atoms with Gasteiger partial charge >= 0.3 is 30.3 Å². The number of aliphatic carboxylic acids is 3. The third-order valence-electron chi connectivity index (χ3n) is 3.70. The van der Waals surface area contributed by atoms with Crippen molar-refractivity contribution in [1.29, 1.82) is 0 Å². The van der Waals surface area contributed by atoms with Crippen LogP contribution in [-0.2, 0) is 14.4 Å². The number of hydrogen-bond donors (Lipinski definition) is 3. The minimum Gasteiger partial charge on any atom is -0.480 e. The molecule has 1 saturated heterocycles. The Labute approximate surface area is 166 Å². The number of carboxylic acid groups (broad SMARTS) is 3. The summed E-state index contributed by atoms with van der Waals surface area (Å²) in [6, 6.07) is 10.5. The van der Waals surface area contributed by atoms with Crippen LogP contribution in [0.1, 0.15) is 24.3 Å². The fraction of sp³-hybridized carbons (Fsp3) is 0.471. The number of halogens is 6. The summed E-state index contributed by atoms with van der Waals surface area (Å²) in [6.07, 6.45) is -8.03. The smallest absolute Gasteiger partial charge is 0.480 e. The van der Waals surface area contributed by atoms with Crippen LogP contribution in [0.4, 0.5) is 26.3 Å². The van der Waals surface area contributed by atoms with Gasteiger partial charge in [-0.1, -0.05) is 30.3 Å². The lowest BCUT2D eigenvalue weighted by Crippen LogP contribution is -2.36. The molecule has 1 aromatic carbocycles. The molecule has 170 valence electrons. The molecule has 7 nitrogen and oxygen atoms in total. The number of alkyl halides is 6. The predicted molar refractivity (Wildman–Crippen MR) is 89.9 cm³/mol. The van der Waals surface area contributed by atoms with Gasteiger partial charge < -0.3 is 15.3 Å². The van der Waals surface area contributed by atoms with Crippen molar-refractivity contribution >= 4 is 17.9 Å². The van der Waals surface area contributed by atoms with Crippen molar-refractivity contribution in [2.24, 2.45) is 0 Å². The highest BCUT2D eigenvalue weighted by Crippen LogP contribution is 2.27. The fourth-order valence-electron chi connectivity index (χ4n) is 2.34.